The van der Waals surface area contributed by atoms with E-state index in [1.165, 1.54) is 11.1 Å². The van der Waals surface area contributed by atoms with Crippen LogP contribution in [0.1, 0.15) is 44.2 Å². The Morgan fingerprint density at radius 2 is 1.61 bits per heavy atom. The Morgan fingerprint density at radius 3 is 2.13 bits per heavy atom. The molecule has 2 saturated heterocycles. The SMILES string of the molecule is CCOc1cc(CN2CCC3(CC2)CNC(=O)C3)cc(OCC)c1-c1ccc(C)cc1. The van der Waals surface area contributed by atoms with E-state index in [1.807, 2.05) is 13.8 Å². The number of likely N-dealkylation sites (tertiary alicyclic amines) is 1. The van der Waals surface area contributed by atoms with Crippen LogP contribution in [0.5, 0.6) is 11.5 Å². The van der Waals surface area contributed by atoms with Crippen molar-refractivity contribution in [3.8, 4) is 22.6 Å². The topological polar surface area (TPSA) is 50.8 Å². The minimum atomic E-state index is 0.176. The third kappa shape index (κ3) is 4.87. The van der Waals surface area contributed by atoms with Gasteiger partial charge in [-0.2, -0.15) is 0 Å². The zero-order valence-electron chi connectivity index (χ0n) is 19.0. The highest BCUT2D eigenvalue weighted by molar-refractivity contribution is 5.79. The Morgan fingerprint density at radius 1 is 1.00 bits per heavy atom. The summed E-state index contributed by atoms with van der Waals surface area (Å²) in [5.74, 6) is 1.97. The van der Waals surface area contributed by atoms with Crippen molar-refractivity contribution >= 4 is 5.91 Å². The molecule has 2 aliphatic heterocycles. The molecule has 4 rings (SSSR count). The largest absolute Gasteiger partial charge is 0.493 e. The summed E-state index contributed by atoms with van der Waals surface area (Å²) in [6.45, 7) is 11.1. The van der Waals surface area contributed by atoms with Gasteiger partial charge in [0.05, 0.1) is 18.8 Å². The van der Waals surface area contributed by atoms with E-state index in [1.54, 1.807) is 0 Å². The van der Waals surface area contributed by atoms with Crippen LogP contribution in [-0.2, 0) is 11.3 Å². The number of ether oxygens (including phenoxy) is 2. The van der Waals surface area contributed by atoms with Crippen LogP contribution in [0.4, 0.5) is 0 Å². The molecule has 2 aromatic carbocycles. The summed E-state index contributed by atoms with van der Waals surface area (Å²) in [5, 5.41) is 3.02. The average Bonchev–Trinajstić information content (AvgIpc) is 3.11. The Balaban J connectivity index is 1.57. The summed E-state index contributed by atoms with van der Waals surface area (Å²) in [7, 11) is 0. The van der Waals surface area contributed by atoms with Crippen LogP contribution in [-0.4, -0.2) is 43.7 Å². The van der Waals surface area contributed by atoms with Crippen LogP contribution >= 0.6 is 0 Å². The van der Waals surface area contributed by atoms with Crippen molar-refractivity contribution < 1.29 is 14.3 Å². The van der Waals surface area contributed by atoms with Crippen LogP contribution in [0.25, 0.3) is 11.1 Å². The van der Waals surface area contributed by atoms with E-state index in [9.17, 15) is 4.79 Å². The van der Waals surface area contributed by atoms with E-state index in [2.05, 4.69) is 53.5 Å². The first-order chi connectivity index (χ1) is 15.0. The van der Waals surface area contributed by atoms with Gasteiger partial charge in [0, 0.05) is 19.5 Å². The van der Waals surface area contributed by atoms with E-state index in [0.717, 1.165) is 61.6 Å². The monoisotopic (exact) mass is 422 g/mol. The normalized spacial score (nSPS) is 18.2. The molecule has 166 valence electrons. The Hall–Kier alpha value is -2.53. The number of hydrogen-bond acceptors (Lipinski definition) is 4. The molecule has 5 nitrogen and oxygen atoms in total. The Bertz CT molecular complexity index is 888. The number of aryl methyl sites for hydroxylation is 1. The van der Waals surface area contributed by atoms with E-state index in [0.29, 0.717) is 19.6 Å². The third-order valence-corrected chi connectivity index (χ3v) is 6.58. The number of piperidine rings is 1. The lowest BCUT2D eigenvalue weighted by molar-refractivity contribution is -0.119. The van der Waals surface area contributed by atoms with Gasteiger partial charge in [0.1, 0.15) is 11.5 Å². The molecule has 0 bridgehead atoms. The highest BCUT2D eigenvalue weighted by Gasteiger charge is 2.40. The maximum Gasteiger partial charge on any atom is 0.220 e. The molecular weight excluding hydrogens is 388 g/mol. The predicted octanol–water partition coefficient (Wildman–Crippen LogP) is 4.56. The summed E-state index contributed by atoms with van der Waals surface area (Å²) in [5.41, 5.74) is 4.76. The Kier molecular flexibility index (Phi) is 6.51. The standard InChI is InChI=1S/C26H34N2O3/c1-4-30-22-14-20(17-28-12-10-26(11-13-28)16-24(29)27-18-26)15-23(31-5-2)25(22)21-8-6-19(3)7-9-21/h6-9,14-15H,4-5,10-13,16-18H2,1-3H3,(H,27,29). The van der Waals surface area contributed by atoms with Crippen LogP contribution < -0.4 is 14.8 Å². The van der Waals surface area contributed by atoms with E-state index >= 15 is 0 Å². The quantitative estimate of drug-likeness (QED) is 0.711. The fraction of sp³-hybridized carbons (Fsp3) is 0.500. The molecule has 2 fully saturated rings. The first-order valence-electron chi connectivity index (χ1n) is 11.5. The van der Waals surface area contributed by atoms with Gasteiger partial charge < -0.3 is 14.8 Å². The van der Waals surface area contributed by atoms with Gasteiger partial charge in [0.2, 0.25) is 5.91 Å². The summed E-state index contributed by atoms with van der Waals surface area (Å²) in [6.07, 6.45) is 2.84. The number of rotatable bonds is 7. The predicted molar refractivity (Wildman–Crippen MR) is 124 cm³/mol. The van der Waals surface area contributed by atoms with Crippen molar-refractivity contribution in [3.63, 3.8) is 0 Å². The first kappa shape index (κ1) is 21.7. The molecule has 1 N–H and O–H groups in total. The van der Waals surface area contributed by atoms with Crippen molar-refractivity contribution in [2.75, 3.05) is 32.8 Å². The fourth-order valence-electron chi connectivity index (χ4n) is 4.83. The summed E-state index contributed by atoms with van der Waals surface area (Å²) in [6, 6.07) is 12.9. The zero-order valence-corrected chi connectivity index (χ0v) is 19.0. The van der Waals surface area contributed by atoms with Crippen LogP contribution in [0.15, 0.2) is 36.4 Å². The number of carbonyl (C=O) groups is 1. The van der Waals surface area contributed by atoms with Gasteiger partial charge in [-0.15, -0.1) is 0 Å². The second-order valence-corrected chi connectivity index (χ2v) is 8.93. The van der Waals surface area contributed by atoms with Gasteiger partial charge in [-0.25, -0.2) is 0 Å². The highest BCUT2D eigenvalue weighted by Crippen LogP contribution is 2.41. The minimum absolute atomic E-state index is 0.176. The van der Waals surface area contributed by atoms with Gasteiger partial charge in [0.15, 0.2) is 0 Å². The van der Waals surface area contributed by atoms with Crippen molar-refractivity contribution in [1.82, 2.24) is 10.2 Å². The fourth-order valence-corrected chi connectivity index (χ4v) is 4.83. The van der Waals surface area contributed by atoms with E-state index in [-0.39, 0.29) is 11.3 Å². The zero-order chi connectivity index (χ0) is 21.8. The second kappa shape index (κ2) is 9.31. The van der Waals surface area contributed by atoms with Gasteiger partial charge in [-0.1, -0.05) is 29.8 Å². The van der Waals surface area contributed by atoms with Crippen molar-refractivity contribution in [2.45, 2.75) is 46.6 Å². The first-order valence-corrected chi connectivity index (χ1v) is 11.5. The number of amides is 1. The molecular formula is C26H34N2O3. The van der Waals surface area contributed by atoms with Gasteiger partial charge >= 0.3 is 0 Å². The number of hydrogen-bond donors (Lipinski definition) is 1. The molecule has 1 amide bonds. The smallest absolute Gasteiger partial charge is 0.220 e. The molecule has 0 atom stereocenters. The molecule has 2 aliphatic rings. The molecule has 0 unspecified atom stereocenters. The molecule has 0 radical (unpaired) electrons. The van der Waals surface area contributed by atoms with E-state index < -0.39 is 0 Å². The molecule has 2 aromatic rings. The lowest BCUT2D eigenvalue weighted by Gasteiger charge is -2.38. The molecule has 0 saturated carbocycles. The molecule has 31 heavy (non-hydrogen) atoms. The van der Waals surface area contributed by atoms with Gasteiger partial charge in [-0.3, -0.25) is 9.69 Å². The maximum absolute atomic E-state index is 11.7. The average molecular weight is 423 g/mol. The van der Waals surface area contributed by atoms with Crippen LogP contribution in [0, 0.1) is 12.3 Å². The molecule has 0 aromatic heterocycles. The molecule has 5 heteroatoms. The molecule has 2 heterocycles. The second-order valence-electron chi connectivity index (χ2n) is 8.93. The third-order valence-electron chi connectivity index (χ3n) is 6.58. The summed E-state index contributed by atoms with van der Waals surface area (Å²) in [4.78, 5) is 14.2. The van der Waals surface area contributed by atoms with E-state index in [4.69, 9.17) is 9.47 Å². The van der Waals surface area contributed by atoms with Gasteiger partial charge in [0.25, 0.3) is 0 Å². The molecule has 0 aliphatic carbocycles. The number of carbonyl (C=O) groups excluding carboxylic acids is 1. The highest BCUT2D eigenvalue weighted by atomic mass is 16.5. The summed E-state index contributed by atoms with van der Waals surface area (Å²) >= 11 is 0. The van der Waals surface area contributed by atoms with Crippen molar-refractivity contribution in [2.24, 2.45) is 5.41 Å². The number of nitrogens with zero attached hydrogens (tertiary/aromatic N) is 1. The number of benzene rings is 2. The number of nitrogens with one attached hydrogen (secondary N) is 1. The summed E-state index contributed by atoms with van der Waals surface area (Å²) < 4.78 is 12.2. The van der Waals surface area contributed by atoms with Crippen molar-refractivity contribution in [3.05, 3.63) is 47.5 Å². The molecule has 1 spiro atoms. The van der Waals surface area contributed by atoms with Crippen molar-refractivity contribution in [1.29, 1.82) is 0 Å². The van der Waals surface area contributed by atoms with Gasteiger partial charge in [-0.05, 0) is 75.4 Å². The minimum Gasteiger partial charge on any atom is -0.493 e. The van der Waals surface area contributed by atoms with Crippen LogP contribution in [0.2, 0.25) is 0 Å². The lowest BCUT2D eigenvalue weighted by atomic mass is 9.77. The lowest BCUT2D eigenvalue weighted by Crippen LogP contribution is -2.40. The maximum atomic E-state index is 11.7. The Labute approximate surface area is 185 Å². The van der Waals surface area contributed by atoms with Crippen LogP contribution in [0.3, 0.4) is 0 Å².